The van der Waals surface area contributed by atoms with Crippen LogP contribution in [-0.4, -0.2) is 91.7 Å². The van der Waals surface area contributed by atoms with E-state index in [1.807, 2.05) is 63.4 Å². The summed E-state index contributed by atoms with van der Waals surface area (Å²) < 4.78 is 24.2. The van der Waals surface area contributed by atoms with Crippen LogP contribution in [0.3, 0.4) is 0 Å². The number of rotatable bonds is 16. The van der Waals surface area contributed by atoms with Gasteiger partial charge in [-0.15, -0.1) is 0 Å². The van der Waals surface area contributed by atoms with Crippen molar-refractivity contribution in [3.8, 4) is 11.1 Å². The van der Waals surface area contributed by atoms with E-state index in [0.29, 0.717) is 50.1 Å². The van der Waals surface area contributed by atoms with E-state index >= 15 is 0 Å². The average Bonchev–Trinajstić information content (AvgIpc) is 3.36. The van der Waals surface area contributed by atoms with E-state index in [1.54, 1.807) is 17.8 Å². The van der Waals surface area contributed by atoms with Crippen LogP contribution in [-0.2, 0) is 30.3 Å². The molecule has 0 aromatic heterocycles. The molecule has 10 heteroatoms. The van der Waals surface area contributed by atoms with Gasteiger partial charge in [0.2, 0.25) is 0 Å². The summed E-state index contributed by atoms with van der Waals surface area (Å²) in [5.74, 6) is -0.730. The van der Waals surface area contributed by atoms with Gasteiger partial charge in [0.05, 0.1) is 32.5 Å². The number of aliphatic carboxylic acids is 1. The van der Waals surface area contributed by atoms with E-state index < -0.39 is 23.7 Å². The zero-order chi connectivity index (χ0) is 31.5. The van der Waals surface area contributed by atoms with Gasteiger partial charge in [0.1, 0.15) is 12.1 Å². The third-order valence-corrected chi connectivity index (χ3v) is 9.10. The average molecular weight is 636 g/mol. The SMILES string of the molecule is CSCC[C@H](NC(=O)c1ccc(COC(COCC2COC(C)(C)O2)CC2CCCCC2)cc1-c1ccccc1C)C(=O)O.[LiH]. The Morgan fingerprint density at radius 3 is 2.53 bits per heavy atom. The normalized spacial score (nSPS) is 19.4. The fraction of sp³-hybridized carbons (Fsp3) is 0.600. The maximum absolute atomic E-state index is 13.4. The van der Waals surface area contributed by atoms with Crippen molar-refractivity contribution in [2.45, 2.75) is 96.4 Å². The van der Waals surface area contributed by atoms with Crippen molar-refractivity contribution < 1.29 is 33.6 Å². The Hall–Kier alpha value is -1.83. The molecular formula is C35H50LiNO7S. The molecule has 2 aliphatic rings. The van der Waals surface area contributed by atoms with Gasteiger partial charge in [0.25, 0.3) is 5.91 Å². The number of aryl methyl sites for hydroxylation is 1. The van der Waals surface area contributed by atoms with Crippen molar-refractivity contribution in [1.82, 2.24) is 5.32 Å². The number of amides is 1. The Balaban J connectivity index is 0.00000552. The summed E-state index contributed by atoms with van der Waals surface area (Å²) in [4.78, 5) is 25.3. The Labute approximate surface area is 284 Å². The number of carboxylic acid groups (broad SMARTS) is 1. The molecule has 0 radical (unpaired) electrons. The first-order chi connectivity index (χ1) is 21.1. The first-order valence-corrected chi connectivity index (χ1v) is 17.3. The Morgan fingerprint density at radius 2 is 1.87 bits per heavy atom. The zero-order valence-corrected chi connectivity index (χ0v) is 27.5. The molecule has 1 saturated heterocycles. The quantitative estimate of drug-likeness (QED) is 0.218. The number of nitrogens with one attached hydrogen (secondary N) is 1. The van der Waals surface area contributed by atoms with Crippen molar-refractivity contribution in [3.05, 3.63) is 59.2 Å². The minimum absolute atomic E-state index is 0. The number of ether oxygens (including phenoxy) is 4. The standard InChI is InChI=1S/C35H49NO7S.Li.H/c1-24-10-8-9-13-29(24)31-19-26(14-15-30(31)33(37)36-32(34(38)39)16-17-44-4)20-41-27(18-25-11-6-5-7-12-25)21-40-22-28-23-42-35(2,3)43-28;;/h8-10,13-15,19,25,27-28,32H,5-7,11-12,16-18,20-23H2,1-4H3,(H,36,37)(H,38,39);;/t27?,28?,32-;;/m0../s1. The van der Waals surface area contributed by atoms with Gasteiger partial charge in [-0.2, -0.15) is 11.8 Å². The van der Waals surface area contributed by atoms with Crippen LogP contribution in [0.2, 0.25) is 0 Å². The van der Waals surface area contributed by atoms with Crippen LogP contribution in [0.25, 0.3) is 11.1 Å². The summed E-state index contributed by atoms with van der Waals surface area (Å²) in [6, 6.07) is 12.7. The maximum atomic E-state index is 13.4. The number of hydrogen-bond acceptors (Lipinski definition) is 7. The molecule has 45 heavy (non-hydrogen) atoms. The molecule has 2 aromatic carbocycles. The molecule has 244 valence electrons. The van der Waals surface area contributed by atoms with Gasteiger partial charge in [-0.1, -0.05) is 62.4 Å². The van der Waals surface area contributed by atoms with E-state index in [2.05, 4.69) is 5.32 Å². The Morgan fingerprint density at radius 1 is 1.11 bits per heavy atom. The second-order valence-corrected chi connectivity index (χ2v) is 13.5. The molecule has 2 N–H and O–H groups in total. The number of carbonyl (C=O) groups excluding carboxylic acids is 1. The predicted octanol–water partition coefficient (Wildman–Crippen LogP) is 5.97. The molecule has 3 atom stereocenters. The van der Waals surface area contributed by atoms with Gasteiger partial charge in [0, 0.05) is 5.56 Å². The van der Waals surface area contributed by atoms with E-state index in [4.69, 9.17) is 18.9 Å². The van der Waals surface area contributed by atoms with Crippen LogP contribution >= 0.6 is 11.8 Å². The third-order valence-electron chi connectivity index (χ3n) is 8.46. The summed E-state index contributed by atoms with van der Waals surface area (Å²) in [6.45, 7) is 7.68. The van der Waals surface area contributed by atoms with E-state index in [-0.39, 0.29) is 31.1 Å². The Kier molecular flexibility index (Phi) is 15.5. The van der Waals surface area contributed by atoms with Crippen molar-refractivity contribution >= 4 is 42.5 Å². The third kappa shape index (κ3) is 11.7. The number of hydrogen-bond donors (Lipinski definition) is 2. The number of benzene rings is 2. The molecular weight excluding hydrogens is 585 g/mol. The molecule has 1 heterocycles. The molecule has 4 rings (SSSR count). The molecule has 0 spiro atoms. The summed E-state index contributed by atoms with van der Waals surface area (Å²) in [6.07, 6.45) is 9.37. The van der Waals surface area contributed by atoms with E-state index in [1.165, 1.54) is 32.1 Å². The summed E-state index contributed by atoms with van der Waals surface area (Å²) in [5.41, 5.74) is 4.11. The molecule has 2 aromatic rings. The van der Waals surface area contributed by atoms with E-state index in [9.17, 15) is 14.7 Å². The molecule has 8 nitrogen and oxygen atoms in total. The first kappa shape index (κ1) is 37.6. The van der Waals surface area contributed by atoms with E-state index in [0.717, 1.165) is 28.7 Å². The van der Waals surface area contributed by atoms with Gasteiger partial charge in [0.15, 0.2) is 5.79 Å². The first-order valence-electron chi connectivity index (χ1n) is 15.9. The fourth-order valence-electron chi connectivity index (χ4n) is 6.08. The molecule has 2 fully saturated rings. The van der Waals surface area contributed by atoms with Crippen molar-refractivity contribution in [2.75, 3.05) is 31.8 Å². The van der Waals surface area contributed by atoms with Gasteiger partial charge >= 0.3 is 24.8 Å². The number of carbonyl (C=O) groups is 2. The zero-order valence-electron chi connectivity index (χ0n) is 26.6. The van der Waals surface area contributed by atoms with Crippen molar-refractivity contribution in [3.63, 3.8) is 0 Å². The minimum atomic E-state index is -1.03. The van der Waals surface area contributed by atoms with Crippen LogP contribution < -0.4 is 5.32 Å². The topological polar surface area (TPSA) is 103 Å². The van der Waals surface area contributed by atoms with Crippen molar-refractivity contribution in [2.24, 2.45) is 5.92 Å². The predicted molar refractivity (Wildman–Crippen MR) is 181 cm³/mol. The summed E-state index contributed by atoms with van der Waals surface area (Å²) in [5, 5.41) is 12.4. The van der Waals surface area contributed by atoms with Crippen molar-refractivity contribution in [1.29, 1.82) is 0 Å². The molecule has 1 amide bonds. The van der Waals surface area contributed by atoms with Gasteiger partial charge in [-0.25, -0.2) is 4.79 Å². The van der Waals surface area contributed by atoms with Gasteiger partial charge < -0.3 is 29.4 Å². The fourth-order valence-corrected chi connectivity index (χ4v) is 6.55. The number of thioether (sulfide) groups is 1. The molecule has 0 bridgehead atoms. The molecule has 1 saturated carbocycles. The second-order valence-electron chi connectivity index (χ2n) is 12.5. The molecule has 2 unspecified atom stereocenters. The van der Waals surface area contributed by atoms with Crippen LogP contribution in [0, 0.1) is 12.8 Å². The van der Waals surface area contributed by atoms with Crippen LogP contribution in [0.4, 0.5) is 0 Å². The molecule has 1 aliphatic heterocycles. The monoisotopic (exact) mass is 635 g/mol. The van der Waals surface area contributed by atoms with Crippen LogP contribution in [0.15, 0.2) is 42.5 Å². The summed E-state index contributed by atoms with van der Waals surface area (Å²) >= 11 is 1.55. The number of carboxylic acids is 1. The summed E-state index contributed by atoms with van der Waals surface area (Å²) in [7, 11) is 0. The van der Waals surface area contributed by atoms with Crippen LogP contribution in [0.5, 0.6) is 0 Å². The molecule has 1 aliphatic carbocycles. The van der Waals surface area contributed by atoms with Gasteiger partial charge in [-0.3, -0.25) is 4.79 Å². The van der Waals surface area contributed by atoms with Crippen LogP contribution in [0.1, 0.15) is 80.3 Å². The second kappa shape index (κ2) is 18.5. The Bertz CT molecular complexity index is 1240. The van der Waals surface area contributed by atoms with Gasteiger partial charge in [-0.05, 0) is 85.9 Å².